The molecule has 202 valence electrons. The molecule has 1 aliphatic rings. The fourth-order valence-corrected chi connectivity index (χ4v) is 6.23. The standard InChI is InChI=1S/C29H34BrN3O4S/c1-2-37-27-14-12-26(13-15-27)33(38(35,36)28-16-10-25(30)11-17-28)22-29(34)31-20-23-8-4-5-9-24(23)21-32-18-6-3-7-19-32/h4-5,8-17H,2-3,6-7,18-22H2,1H3,(H,31,34). The second-order valence-corrected chi connectivity index (χ2v) is 12.1. The zero-order valence-electron chi connectivity index (χ0n) is 21.6. The van der Waals surface area contributed by atoms with Gasteiger partial charge in [0.25, 0.3) is 10.0 Å². The van der Waals surface area contributed by atoms with Gasteiger partial charge in [-0.3, -0.25) is 14.0 Å². The smallest absolute Gasteiger partial charge is 0.264 e. The maximum Gasteiger partial charge on any atom is 0.264 e. The summed E-state index contributed by atoms with van der Waals surface area (Å²) in [5.74, 6) is 0.249. The lowest BCUT2D eigenvalue weighted by Gasteiger charge is -2.27. The van der Waals surface area contributed by atoms with Crippen molar-refractivity contribution in [1.29, 1.82) is 0 Å². The second kappa shape index (κ2) is 13.3. The summed E-state index contributed by atoms with van der Waals surface area (Å²) in [6.45, 7) is 5.40. The minimum Gasteiger partial charge on any atom is -0.494 e. The van der Waals surface area contributed by atoms with Crippen molar-refractivity contribution >= 4 is 37.5 Å². The summed E-state index contributed by atoms with van der Waals surface area (Å²) in [5.41, 5.74) is 2.60. The maximum atomic E-state index is 13.6. The largest absolute Gasteiger partial charge is 0.494 e. The molecule has 1 aliphatic heterocycles. The number of hydrogen-bond donors (Lipinski definition) is 1. The number of piperidine rings is 1. The van der Waals surface area contributed by atoms with Crippen LogP contribution in [0.2, 0.25) is 0 Å². The third-order valence-electron chi connectivity index (χ3n) is 6.56. The van der Waals surface area contributed by atoms with Gasteiger partial charge in [-0.2, -0.15) is 0 Å². The number of halogens is 1. The third-order valence-corrected chi connectivity index (χ3v) is 8.88. The topological polar surface area (TPSA) is 79.0 Å². The third kappa shape index (κ3) is 7.36. The van der Waals surface area contributed by atoms with E-state index in [0.717, 1.165) is 34.0 Å². The molecule has 0 aliphatic carbocycles. The Kier molecular flexibility index (Phi) is 9.82. The zero-order valence-corrected chi connectivity index (χ0v) is 24.0. The van der Waals surface area contributed by atoms with Gasteiger partial charge in [0.05, 0.1) is 17.2 Å². The van der Waals surface area contributed by atoms with Crippen molar-refractivity contribution in [2.24, 2.45) is 0 Å². The molecule has 7 nitrogen and oxygen atoms in total. The molecule has 0 spiro atoms. The van der Waals surface area contributed by atoms with Crippen LogP contribution in [0.3, 0.4) is 0 Å². The number of rotatable bonds is 11. The number of likely N-dealkylation sites (tertiary alicyclic amines) is 1. The van der Waals surface area contributed by atoms with Crippen molar-refractivity contribution in [3.05, 3.63) is 88.4 Å². The Morgan fingerprint density at radius 3 is 2.26 bits per heavy atom. The molecule has 1 saturated heterocycles. The number of nitrogens with one attached hydrogen (secondary N) is 1. The van der Waals surface area contributed by atoms with Crippen molar-refractivity contribution in [3.63, 3.8) is 0 Å². The molecular formula is C29H34BrN3O4S. The van der Waals surface area contributed by atoms with Crippen molar-refractivity contribution in [1.82, 2.24) is 10.2 Å². The Morgan fingerprint density at radius 2 is 1.61 bits per heavy atom. The molecule has 1 amide bonds. The van der Waals surface area contributed by atoms with Crippen molar-refractivity contribution in [3.8, 4) is 5.75 Å². The summed E-state index contributed by atoms with van der Waals surface area (Å²) in [4.78, 5) is 15.7. The minimum atomic E-state index is -4.00. The number of nitrogens with zero attached hydrogens (tertiary/aromatic N) is 2. The predicted molar refractivity (Wildman–Crippen MR) is 154 cm³/mol. The summed E-state index contributed by atoms with van der Waals surface area (Å²) >= 11 is 3.35. The molecule has 0 aromatic heterocycles. The van der Waals surface area contributed by atoms with Crippen LogP contribution in [0.25, 0.3) is 0 Å². The van der Waals surface area contributed by atoms with E-state index in [4.69, 9.17) is 4.74 Å². The van der Waals surface area contributed by atoms with E-state index in [-0.39, 0.29) is 17.3 Å². The number of benzene rings is 3. The van der Waals surface area contributed by atoms with E-state index in [9.17, 15) is 13.2 Å². The first kappa shape index (κ1) is 28.1. The van der Waals surface area contributed by atoms with Crippen molar-refractivity contribution < 1.29 is 17.9 Å². The zero-order chi connectivity index (χ0) is 27.0. The maximum absolute atomic E-state index is 13.6. The SMILES string of the molecule is CCOc1ccc(N(CC(=O)NCc2ccccc2CN2CCCCC2)S(=O)(=O)c2ccc(Br)cc2)cc1. The predicted octanol–water partition coefficient (Wildman–Crippen LogP) is 5.35. The quantitative estimate of drug-likeness (QED) is 0.321. The average molecular weight is 601 g/mol. The molecule has 0 bridgehead atoms. The molecule has 4 rings (SSSR count). The van der Waals surface area contributed by atoms with E-state index in [1.807, 2.05) is 25.1 Å². The van der Waals surface area contributed by atoms with Crippen LogP contribution in [-0.4, -0.2) is 45.5 Å². The highest BCUT2D eigenvalue weighted by atomic mass is 79.9. The molecular weight excluding hydrogens is 566 g/mol. The molecule has 0 radical (unpaired) electrons. The van der Waals surface area contributed by atoms with Crippen LogP contribution in [0.5, 0.6) is 5.75 Å². The van der Waals surface area contributed by atoms with Gasteiger partial charge < -0.3 is 10.1 Å². The first-order valence-corrected chi connectivity index (χ1v) is 15.2. The Bertz CT molecular complexity index is 1310. The summed E-state index contributed by atoms with van der Waals surface area (Å²) in [6, 6.07) is 21.2. The van der Waals surface area contributed by atoms with Gasteiger partial charge in [-0.05, 0) is 92.5 Å². The fraction of sp³-hybridized carbons (Fsp3) is 0.345. The number of ether oxygens (including phenoxy) is 1. The first-order chi connectivity index (χ1) is 18.4. The Labute approximate surface area is 234 Å². The van der Waals surface area contributed by atoms with E-state index in [1.165, 1.54) is 37.0 Å². The lowest BCUT2D eigenvalue weighted by Crippen LogP contribution is -2.40. The van der Waals surface area contributed by atoms with Gasteiger partial charge in [-0.1, -0.05) is 46.6 Å². The Hall–Kier alpha value is -2.88. The van der Waals surface area contributed by atoms with E-state index in [0.29, 0.717) is 24.6 Å². The lowest BCUT2D eigenvalue weighted by atomic mass is 10.0. The molecule has 1 N–H and O–H groups in total. The van der Waals surface area contributed by atoms with Crippen LogP contribution in [0.15, 0.2) is 82.2 Å². The molecule has 9 heteroatoms. The van der Waals surface area contributed by atoms with Crippen LogP contribution in [0.1, 0.15) is 37.3 Å². The number of hydrogen-bond acceptors (Lipinski definition) is 5. The molecule has 1 fully saturated rings. The average Bonchev–Trinajstić information content (AvgIpc) is 2.93. The van der Waals surface area contributed by atoms with Crippen molar-refractivity contribution in [2.75, 3.05) is 30.5 Å². The molecule has 3 aromatic carbocycles. The van der Waals surface area contributed by atoms with E-state index >= 15 is 0 Å². The Morgan fingerprint density at radius 1 is 0.947 bits per heavy atom. The van der Waals surface area contributed by atoms with Crippen LogP contribution in [0, 0.1) is 0 Å². The number of carbonyl (C=O) groups is 1. The number of amides is 1. The summed E-state index contributed by atoms with van der Waals surface area (Å²) in [6.07, 6.45) is 3.71. The molecule has 3 aromatic rings. The van der Waals surface area contributed by atoms with E-state index < -0.39 is 10.0 Å². The molecule has 0 unspecified atom stereocenters. The van der Waals surface area contributed by atoms with Gasteiger partial charge in [0.2, 0.25) is 5.91 Å². The summed E-state index contributed by atoms with van der Waals surface area (Å²) in [5, 5.41) is 2.95. The number of anilines is 1. The fourth-order valence-electron chi connectivity index (χ4n) is 4.55. The molecule has 38 heavy (non-hydrogen) atoms. The van der Waals surface area contributed by atoms with Gasteiger partial charge in [-0.15, -0.1) is 0 Å². The Balaban J connectivity index is 1.51. The second-order valence-electron chi connectivity index (χ2n) is 9.27. The van der Waals surface area contributed by atoms with E-state index in [1.54, 1.807) is 36.4 Å². The van der Waals surface area contributed by atoms with Gasteiger partial charge in [0.15, 0.2) is 0 Å². The summed E-state index contributed by atoms with van der Waals surface area (Å²) < 4.78 is 34.7. The van der Waals surface area contributed by atoms with Crippen LogP contribution in [0.4, 0.5) is 5.69 Å². The van der Waals surface area contributed by atoms with Gasteiger partial charge in [0, 0.05) is 17.6 Å². The molecule has 0 atom stereocenters. The highest BCUT2D eigenvalue weighted by Crippen LogP contribution is 2.27. The van der Waals surface area contributed by atoms with Crippen LogP contribution < -0.4 is 14.4 Å². The van der Waals surface area contributed by atoms with Gasteiger partial charge in [-0.25, -0.2) is 8.42 Å². The van der Waals surface area contributed by atoms with E-state index in [2.05, 4.69) is 32.2 Å². The number of carbonyl (C=O) groups excluding carboxylic acids is 1. The van der Waals surface area contributed by atoms with Crippen LogP contribution in [-0.2, 0) is 27.9 Å². The highest BCUT2D eigenvalue weighted by molar-refractivity contribution is 9.10. The van der Waals surface area contributed by atoms with Gasteiger partial charge >= 0.3 is 0 Å². The lowest BCUT2D eigenvalue weighted by molar-refractivity contribution is -0.119. The highest BCUT2D eigenvalue weighted by Gasteiger charge is 2.27. The van der Waals surface area contributed by atoms with Crippen LogP contribution >= 0.6 is 15.9 Å². The van der Waals surface area contributed by atoms with Gasteiger partial charge in [0.1, 0.15) is 12.3 Å². The normalized spacial score (nSPS) is 14.2. The number of sulfonamides is 1. The monoisotopic (exact) mass is 599 g/mol. The molecule has 1 heterocycles. The summed E-state index contributed by atoms with van der Waals surface area (Å²) in [7, 11) is -4.00. The van der Waals surface area contributed by atoms with Crippen molar-refractivity contribution in [2.45, 2.75) is 44.2 Å². The molecule has 0 saturated carbocycles. The first-order valence-electron chi connectivity index (χ1n) is 12.9. The minimum absolute atomic E-state index is 0.106.